The summed E-state index contributed by atoms with van der Waals surface area (Å²) in [6.45, 7) is 2.12. The van der Waals surface area contributed by atoms with Gasteiger partial charge in [0.25, 0.3) is 0 Å². The maximum Gasteiger partial charge on any atom is 0.0753 e. The largest absolute Gasteiger partial charge is 0.326 e. The lowest BCUT2D eigenvalue weighted by Gasteiger charge is -2.31. The van der Waals surface area contributed by atoms with E-state index in [1.807, 2.05) is 6.20 Å². The first-order chi connectivity index (χ1) is 7.77. The predicted molar refractivity (Wildman–Crippen MR) is 71.1 cm³/mol. The van der Waals surface area contributed by atoms with Crippen LogP contribution in [0.2, 0.25) is 0 Å². The highest BCUT2D eigenvalue weighted by Gasteiger charge is 2.23. The average molecular weight is 257 g/mol. The van der Waals surface area contributed by atoms with E-state index in [-0.39, 0.29) is 24.5 Å². The van der Waals surface area contributed by atoms with Crippen LogP contribution in [-0.2, 0) is 0 Å². The number of hydrogen-bond acceptors (Lipinski definition) is 4. The van der Waals surface area contributed by atoms with Crippen LogP contribution in [0.25, 0.3) is 0 Å². The molecule has 1 heterocycles. The number of aromatic nitrogens is 2. The Labute approximate surface area is 109 Å². The second kappa shape index (κ2) is 6.89. The summed E-state index contributed by atoms with van der Waals surface area (Å²) in [5.41, 5.74) is 7.09. The van der Waals surface area contributed by atoms with Crippen molar-refractivity contribution in [2.75, 3.05) is 0 Å². The monoisotopic (exact) mass is 256 g/mol. The van der Waals surface area contributed by atoms with Gasteiger partial charge in [0.1, 0.15) is 0 Å². The fraction of sp³-hybridized carbons (Fsp3) is 0.667. The first-order valence-electron chi connectivity index (χ1n) is 6.05. The van der Waals surface area contributed by atoms with Crippen molar-refractivity contribution >= 4 is 12.4 Å². The summed E-state index contributed by atoms with van der Waals surface area (Å²) in [5.74, 6) is 0. The topological polar surface area (TPSA) is 63.8 Å². The Morgan fingerprint density at radius 3 is 2.76 bits per heavy atom. The van der Waals surface area contributed by atoms with Crippen molar-refractivity contribution in [3.05, 3.63) is 24.3 Å². The number of rotatable bonds is 3. The summed E-state index contributed by atoms with van der Waals surface area (Å²) < 4.78 is 0. The van der Waals surface area contributed by atoms with Gasteiger partial charge in [-0.2, -0.15) is 0 Å². The predicted octanol–water partition coefficient (Wildman–Crippen LogP) is 1.82. The van der Waals surface area contributed by atoms with E-state index in [1.54, 1.807) is 12.4 Å². The third kappa shape index (κ3) is 3.91. The summed E-state index contributed by atoms with van der Waals surface area (Å²) >= 11 is 0. The van der Waals surface area contributed by atoms with E-state index < -0.39 is 0 Å². The van der Waals surface area contributed by atoms with Gasteiger partial charge in [0.05, 0.1) is 5.69 Å². The quantitative estimate of drug-likeness (QED) is 0.866. The van der Waals surface area contributed by atoms with Gasteiger partial charge in [0.2, 0.25) is 0 Å². The second-order valence-electron chi connectivity index (χ2n) is 4.57. The molecule has 1 saturated carbocycles. The lowest BCUT2D eigenvalue weighted by atomic mass is 9.90. The molecule has 0 saturated heterocycles. The van der Waals surface area contributed by atoms with Gasteiger partial charge in [-0.15, -0.1) is 12.4 Å². The molecular weight excluding hydrogens is 236 g/mol. The minimum absolute atomic E-state index is 0. The minimum atomic E-state index is 0. The van der Waals surface area contributed by atoms with Crippen molar-refractivity contribution in [3.63, 3.8) is 0 Å². The fourth-order valence-corrected chi connectivity index (χ4v) is 2.31. The van der Waals surface area contributed by atoms with Crippen LogP contribution in [-0.4, -0.2) is 22.1 Å². The van der Waals surface area contributed by atoms with E-state index in [2.05, 4.69) is 22.2 Å². The zero-order valence-corrected chi connectivity index (χ0v) is 11.0. The van der Waals surface area contributed by atoms with E-state index in [9.17, 15) is 0 Å². The molecule has 0 aromatic carbocycles. The van der Waals surface area contributed by atoms with Crippen LogP contribution in [0.5, 0.6) is 0 Å². The van der Waals surface area contributed by atoms with Crippen molar-refractivity contribution in [1.82, 2.24) is 15.3 Å². The van der Waals surface area contributed by atoms with Gasteiger partial charge in [-0.05, 0) is 19.8 Å². The van der Waals surface area contributed by atoms with Crippen LogP contribution in [0, 0.1) is 0 Å². The molecule has 3 unspecified atom stereocenters. The lowest BCUT2D eigenvalue weighted by Crippen LogP contribution is -2.47. The van der Waals surface area contributed by atoms with Crippen molar-refractivity contribution in [1.29, 1.82) is 0 Å². The molecule has 1 fully saturated rings. The number of nitrogens with zero attached hydrogens (tertiary/aromatic N) is 2. The summed E-state index contributed by atoms with van der Waals surface area (Å²) in [6.07, 6.45) is 10.1. The normalized spacial score (nSPS) is 26.0. The van der Waals surface area contributed by atoms with Gasteiger partial charge in [-0.3, -0.25) is 9.97 Å². The summed E-state index contributed by atoms with van der Waals surface area (Å²) in [4.78, 5) is 8.39. The third-order valence-corrected chi connectivity index (χ3v) is 3.31. The molecule has 4 nitrogen and oxygen atoms in total. The van der Waals surface area contributed by atoms with Crippen LogP contribution < -0.4 is 11.1 Å². The summed E-state index contributed by atoms with van der Waals surface area (Å²) in [6, 6.07) is 0.932. The Balaban J connectivity index is 0.00000144. The molecule has 1 aliphatic carbocycles. The Hall–Kier alpha value is -0.710. The van der Waals surface area contributed by atoms with Crippen molar-refractivity contribution in [2.24, 2.45) is 5.73 Å². The first-order valence-corrected chi connectivity index (χ1v) is 6.05. The Morgan fingerprint density at radius 2 is 2.12 bits per heavy atom. The first kappa shape index (κ1) is 14.4. The van der Waals surface area contributed by atoms with E-state index in [4.69, 9.17) is 5.73 Å². The van der Waals surface area contributed by atoms with Crippen LogP contribution in [0.15, 0.2) is 18.6 Å². The van der Waals surface area contributed by atoms with E-state index >= 15 is 0 Å². The molecule has 2 rings (SSSR count). The van der Waals surface area contributed by atoms with Crippen molar-refractivity contribution < 1.29 is 0 Å². The van der Waals surface area contributed by atoms with Gasteiger partial charge in [0.15, 0.2) is 0 Å². The zero-order chi connectivity index (χ0) is 11.4. The molecule has 0 spiro atoms. The minimum Gasteiger partial charge on any atom is -0.326 e. The lowest BCUT2D eigenvalue weighted by molar-refractivity contribution is 0.305. The molecule has 0 aliphatic heterocycles. The molecule has 1 aliphatic rings. The van der Waals surface area contributed by atoms with Crippen LogP contribution in [0.3, 0.4) is 0 Å². The number of nitrogens with one attached hydrogen (secondary N) is 1. The second-order valence-corrected chi connectivity index (χ2v) is 4.57. The summed E-state index contributed by atoms with van der Waals surface area (Å²) in [7, 11) is 0. The molecule has 1 aromatic rings. The third-order valence-electron chi connectivity index (χ3n) is 3.31. The van der Waals surface area contributed by atoms with Crippen molar-refractivity contribution in [2.45, 2.75) is 50.7 Å². The molecule has 1 aromatic heterocycles. The molecule has 3 atom stereocenters. The molecule has 0 radical (unpaired) electrons. The molecule has 3 N–H and O–H groups in total. The zero-order valence-electron chi connectivity index (χ0n) is 10.2. The highest BCUT2D eigenvalue weighted by molar-refractivity contribution is 5.85. The van der Waals surface area contributed by atoms with Gasteiger partial charge in [-0.25, -0.2) is 0 Å². The number of nitrogens with two attached hydrogens (primary N) is 1. The Morgan fingerprint density at radius 1 is 1.35 bits per heavy atom. The number of halogens is 1. The Kier molecular flexibility index (Phi) is 5.82. The van der Waals surface area contributed by atoms with E-state index in [0.29, 0.717) is 6.04 Å². The standard InChI is InChI=1S/C12H20N4.ClH/c1-9(12-8-14-6-7-15-12)16-11-5-3-2-4-10(11)13;/h6-11,16H,2-5,13H2,1H3;1H. The average Bonchev–Trinajstić information content (AvgIpc) is 2.33. The van der Waals surface area contributed by atoms with Crippen LogP contribution >= 0.6 is 12.4 Å². The summed E-state index contributed by atoms with van der Waals surface area (Å²) in [5, 5.41) is 3.56. The molecule has 5 heteroatoms. The van der Waals surface area contributed by atoms with Crippen LogP contribution in [0.4, 0.5) is 0 Å². The molecule has 96 valence electrons. The SMILES string of the molecule is CC(NC1CCCCC1N)c1cnccn1.Cl. The van der Waals surface area contributed by atoms with Crippen LogP contribution in [0.1, 0.15) is 44.3 Å². The number of hydrogen-bond donors (Lipinski definition) is 2. The van der Waals surface area contributed by atoms with Crippen molar-refractivity contribution in [3.8, 4) is 0 Å². The van der Waals surface area contributed by atoms with Gasteiger partial charge >= 0.3 is 0 Å². The van der Waals surface area contributed by atoms with Gasteiger partial charge in [-0.1, -0.05) is 12.8 Å². The highest BCUT2D eigenvalue weighted by atomic mass is 35.5. The van der Waals surface area contributed by atoms with E-state index in [0.717, 1.165) is 12.1 Å². The molecule has 17 heavy (non-hydrogen) atoms. The van der Waals surface area contributed by atoms with E-state index in [1.165, 1.54) is 19.3 Å². The highest BCUT2D eigenvalue weighted by Crippen LogP contribution is 2.19. The molecule has 0 bridgehead atoms. The van der Waals surface area contributed by atoms with Gasteiger partial charge < -0.3 is 11.1 Å². The maximum atomic E-state index is 6.11. The molecular formula is C12H21ClN4. The fourth-order valence-electron chi connectivity index (χ4n) is 2.31. The molecule has 0 amide bonds. The van der Waals surface area contributed by atoms with Gasteiger partial charge in [0, 0.05) is 36.7 Å². The smallest absolute Gasteiger partial charge is 0.0753 e. The maximum absolute atomic E-state index is 6.11. The Bertz CT molecular complexity index is 320.